The molecule has 0 saturated heterocycles. The van der Waals surface area contributed by atoms with Gasteiger partial charge in [-0.2, -0.15) is 0 Å². The van der Waals surface area contributed by atoms with Gasteiger partial charge in [0.05, 0.1) is 0 Å². The maximum Gasteiger partial charge on any atom is 0.278 e. The second-order valence-electron chi connectivity index (χ2n) is 9.76. The van der Waals surface area contributed by atoms with E-state index in [0.717, 1.165) is 43.2 Å². The normalized spacial score (nSPS) is 16.0. The molecular weight excluding hydrogens is 514 g/mol. The molecule has 200 valence electrons. The first kappa shape index (κ1) is 26.5. The summed E-state index contributed by atoms with van der Waals surface area (Å²) in [5.74, 6) is -0.297. The highest BCUT2D eigenvalue weighted by atomic mass is 35.5. The van der Waals surface area contributed by atoms with E-state index in [1.54, 1.807) is 36.4 Å². The molecule has 1 fully saturated rings. The molecule has 39 heavy (non-hydrogen) atoms. The number of rotatable bonds is 9. The molecule has 2 aliphatic rings. The standard InChI is InChI=1S/C31H30ClN3O4/c32-27-28(31(38)35(30(27)37)25-9-5-2-6-10-25)33-19-21-11-13-23(14-12-21)29(36)34-24-15-17-26(18-16-24)39-20-22-7-3-1-4-8-22/h1,3-4,7-8,11-18,25,33H,2,5-6,9-10,19-20H2,(H,34,36). The van der Waals surface area contributed by atoms with Gasteiger partial charge in [0.1, 0.15) is 23.1 Å². The maximum atomic E-state index is 12.9. The molecule has 2 N–H and O–H groups in total. The van der Waals surface area contributed by atoms with Crippen LogP contribution in [0.15, 0.2) is 89.6 Å². The van der Waals surface area contributed by atoms with Crippen molar-refractivity contribution < 1.29 is 19.1 Å². The Balaban J connectivity index is 1.13. The van der Waals surface area contributed by atoms with Crippen LogP contribution in [0.25, 0.3) is 0 Å². The van der Waals surface area contributed by atoms with Gasteiger partial charge in [-0.25, -0.2) is 0 Å². The van der Waals surface area contributed by atoms with Crippen LogP contribution in [0.4, 0.5) is 5.69 Å². The summed E-state index contributed by atoms with van der Waals surface area (Å²) in [6.45, 7) is 0.774. The van der Waals surface area contributed by atoms with E-state index >= 15 is 0 Å². The predicted octanol–water partition coefficient (Wildman–Crippen LogP) is 5.76. The van der Waals surface area contributed by atoms with Crippen molar-refractivity contribution in [3.63, 3.8) is 0 Å². The lowest BCUT2D eigenvalue weighted by molar-refractivity contribution is -0.140. The predicted molar refractivity (Wildman–Crippen MR) is 150 cm³/mol. The Morgan fingerprint density at radius 1 is 0.846 bits per heavy atom. The van der Waals surface area contributed by atoms with Gasteiger partial charge >= 0.3 is 0 Å². The zero-order chi connectivity index (χ0) is 27.2. The highest BCUT2D eigenvalue weighted by molar-refractivity contribution is 6.47. The quantitative estimate of drug-likeness (QED) is 0.335. The first-order chi connectivity index (χ1) is 19.0. The van der Waals surface area contributed by atoms with E-state index in [-0.39, 0.29) is 28.6 Å². The lowest BCUT2D eigenvalue weighted by Gasteiger charge is -2.29. The summed E-state index contributed by atoms with van der Waals surface area (Å²) in [5.41, 5.74) is 3.23. The molecule has 1 saturated carbocycles. The Hall–Kier alpha value is -4.10. The van der Waals surface area contributed by atoms with Gasteiger partial charge in [0.25, 0.3) is 17.7 Å². The van der Waals surface area contributed by atoms with Crippen LogP contribution in [0.5, 0.6) is 5.75 Å². The smallest absolute Gasteiger partial charge is 0.278 e. The SMILES string of the molecule is O=C(Nc1ccc(OCc2ccccc2)cc1)c1ccc(CNC2=C(Cl)C(=O)N(C3CCCCC3)C2=O)cc1. The summed E-state index contributed by atoms with van der Waals surface area (Å²) in [4.78, 5) is 39.6. The van der Waals surface area contributed by atoms with Crippen molar-refractivity contribution in [3.8, 4) is 5.75 Å². The number of amides is 3. The Bertz CT molecular complexity index is 1370. The number of imide groups is 1. The average Bonchev–Trinajstić information content (AvgIpc) is 3.19. The fraction of sp³-hybridized carbons (Fsp3) is 0.258. The van der Waals surface area contributed by atoms with Gasteiger partial charge < -0.3 is 15.4 Å². The molecule has 1 aliphatic carbocycles. The zero-order valence-corrected chi connectivity index (χ0v) is 22.2. The van der Waals surface area contributed by atoms with Crippen LogP contribution < -0.4 is 15.4 Å². The van der Waals surface area contributed by atoms with Crippen molar-refractivity contribution in [1.29, 1.82) is 0 Å². The monoisotopic (exact) mass is 543 g/mol. The molecule has 8 heteroatoms. The third-order valence-corrected chi connectivity index (χ3v) is 7.40. The summed E-state index contributed by atoms with van der Waals surface area (Å²) >= 11 is 6.25. The van der Waals surface area contributed by atoms with Gasteiger partial charge in [0, 0.05) is 23.8 Å². The molecule has 0 radical (unpaired) electrons. The lowest BCUT2D eigenvalue weighted by atomic mass is 9.94. The fourth-order valence-electron chi connectivity index (χ4n) is 4.89. The van der Waals surface area contributed by atoms with E-state index in [1.165, 1.54) is 4.90 Å². The number of nitrogens with zero attached hydrogens (tertiary/aromatic N) is 1. The Kier molecular flexibility index (Phi) is 8.27. The van der Waals surface area contributed by atoms with Crippen molar-refractivity contribution in [3.05, 3.63) is 106 Å². The average molecular weight is 544 g/mol. The summed E-state index contributed by atoms with van der Waals surface area (Å²) < 4.78 is 5.79. The zero-order valence-electron chi connectivity index (χ0n) is 21.5. The van der Waals surface area contributed by atoms with E-state index < -0.39 is 5.91 Å². The number of benzene rings is 3. The van der Waals surface area contributed by atoms with E-state index in [0.29, 0.717) is 30.2 Å². The summed E-state index contributed by atoms with van der Waals surface area (Å²) in [7, 11) is 0. The number of hydrogen-bond donors (Lipinski definition) is 2. The number of halogens is 1. The minimum atomic E-state index is -0.418. The number of hydrogen-bond acceptors (Lipinski definition) is 5. The van der Waals surface area contributed by atoms with Gasteiger partial charge in [-0.3, -0.25) is 19.3 Å². The van der Waals surface area contributed by atoms with Crippen LogP contribution >= 0.6 is 11.6 Å². The molecule has 0 spiro atoms. The van der Waals surface area contributed by atoms with Crippen molar-refractivity contribution in [1.82, 2.24) is 10.2 Å². The van der Waals surface area contributed by atoms with Gasteiger partial charge in [0.15, 0.2) is 0 Å². The molecular formula is C31H30ClN3O4. The van der Waals surface area contributed by atoms with E-state index in [2.05, 4.69) is 10.6 Å². The molecule has 3 aromatic carbocycles. The minimum absolute atomic E-state index is 0.0574. The maximum absolute atomic E-state index is 12.9. The van der Waals surface area contributed by atoms with Crippen LogP contribution in [-0.2, 0) is 22.7 Å². The van der Waals surface area contributed by atoms with Crippen molar-refractivity contribution >= 4 is 35.0 Å². The Labute approximate surface area is 232 Å². The van der Waals surface area contributed by atoms with Crippen LogP contribution in [0.1, 0.15) is 53.6 Å². The summed E-state index contributed by atoms with van der Waals surface area (Å²) in [5, 5.41) is 5.86. The highest BCUT2D eigenvalue weighted by Gasteiger charge is 2.41. The number of carbonyl (C=O) groups is 3. The Morgan fingerprint density at radius 3 is 2.23 bits per heavy atom. The van der Waals surface area contributed by atoms with Gasteiger partial charge in [-0.1, -0.05) is 73.3 Å². The second kappa shape index (κ2) is 12.2. The molecule has 5 rings (SSSR count). The summed E-state index contributed by atoms with van der Waals surface area (Å²) in [6.07, 6.45) is 4.80. The molecule has 3 amide bonds. The van der Waals surface area contributed by atoms with Crippen molar-refractivity contribution in [2.45, 2.75) is 51.3 Å². The van der Waals surface area contributed by atoms with Crippen LogP contribution in [-0.4, -0.2) is 28.7 Å². The van der Waals surface area contributed by atoms with Crippen LogP contribution in [0.3, 0.4) is 0 Å². The highest BCUT2D eigenvalue weighted by Crippen LogP contribution is 2.31. The molecule has 0 unspecified atom stereocenters. The van der Waals surface area contributed by atoms with Crippen molar-refractivity contribution in [2.75, 3.05) is 5.32 Å². The van der Waals surface area contributed by atoms with Gasteiger partial charge in [-0.15, -0.1) is 0 Å². The third kappa shape index (κ3) is 6.32. The third-order valence-electron chi connectivity index (χ3n) is 7.04. The van der Waals surface area contributed by atoms with Gasteiger partial charge in [0.2, 0.25) is 0 Å². The number of carbonyl (C=O) groups excluding carboxylic acids is 3. The largest absolute Gasteiger partial charge is 0.489 e. The molecule has 0 atom stereocenters. The van der Waals surface area contributed by atoms with Crippen molar-refractivity contribution in [2.24, 2.45) is 0 Å². The first-order valence-electron chi connectivity index (χ1n) is 13.2. The molecule has 0 aromatic heterocycles. The number of nitrogens with one attached hydrogen (secondary N) is 2. The van der Waals surface area contributed by atoms with E-state index in [1.807, 2.05) is 42.5 Å². The fourth-order valence-corrected chi connectivity index (χ4v) is 5.13. The van der Waals surface area contributed by atoms with E-state index in [9.17, 15) is 14.4 Å². The number of anilines is 1. The van der Waals surface area contributed by atoms with Crippen LogP contribution in [0.2, 0.25) is 0 Å². The molecule has 3 aromatic rings. The second-order valence-corrected chi connectivity index (χ2v) is 10.1. The Morgan fingerprint density at radius 2 is 1.54 bits per heavy atom. The van der Waals surface area contributed by atoms with E-state index in [4.69, 9.17) is 16.3 Å². The molecule has 1 aliphatic heterocycles. The molecule has 7 nitrogen and oxygen atoms in total. The topological polar surface area (TPSA) is 87.7 Å². The minimum Gasteiger partial charge on any atom is -0.489 e. The molecule has 0 bridgehead atoms. The van der Waals surface area contributed by atoms with Gasteiger partial charge in [-0.05, 0) is 60.4 Å². The summed E-state index contributed by atoms with van der Waals surface area (Å²) in [6, 6.07) is 24.1. The first-order valence-corrected chi connectivity index (χ1v) is 13.6. The lowest BCUT2D eigenvalue weighted by Crippen LogP contribution is -2.43. The number of ether oxygens (including phenoxy) is 1. The molecule has 1 heterocycles. The van der Waals surface area contributed by atoms with Crippen LogP contribution in [0, 0.1) is 0 Å².